The van der Waals surface area contributed by atoms with Crippen molar-refractivity contribution >= 4 is 16.1 Å². The normalized spacial score (nSPS) is 18.9. The Morgan fingerprint density at radius 2 is 1.69 bits per heavy atom. The number of hydrogen-bond donors (Lipinski definition) is 1. The molecule has 1 aliphatic carbocycles. The summed E-state index contributed by atoms with van der Waals surface area (Å²) >= 11 is 0. The summed E-state index contributed by atoms with van der Waals surface area (Å²) in [5.41, 5.74) is 3.45. The molecule has 1 atom stereocenters. The van der Waals surface area contributed by atoms with Crippen LogP contribution in [0.2, 0.25) is 0 Å². The van der Waals surface area contributed by atoms with Gasteiger partial charge < -0.3 is 9.64 Å². The van der Waals surface area contributed by atoms with E-state index in [9.17, 15) is 13.2 Å². The first-order valence-electron chi connectivity index (χ1n) is 11.2. The molecule has 4 rings (SSSR count). The van der Waals surface area contributed by atoms with Gasteiger partial charge in [-0.3, -0.25) is 0 Å². The zero-order valence-electron chi connectivity index (χ0n) is 18.7. The lowest BCUT2D eigenvalue weighted by molar-refractivity contribution is 0.182. The first-order chi connectivity index (χ1) is 15.4. The lowest BCUT2D eigenvalue weighted by Crippen LogP contribution is -2.45. The molecular formula is C24H31N3O4S. The van der Waals surface area contributed by atoms with Gasteiger partial charge in [0.05, 0.1) is 25.4 Å². The number of hydrazine groups is 1. The lowest BCUT2D eigenvalue weighted by Gasteiger charge is -2.23. The standard InChI is InChI=1S/C24H31N3O4S/c1-3-16-32(29,30)25-27-17-23(21-10-8-20(9-11-21)19-6-7-19)26(24(27)28)15-14-18-4-12-22(31-2)13-5-18/h4-5,8-13,19,23,25H,3,6-7,14-17H2,1-2H3. The highest BCUT2D eigenvalue weighted by molar-refractivity contribution is 7.89. The molecule has 2 aliphatic rings. The fraction of sp³-hybridized carbons (Fsp3) is 0.458. The number of carbonyl (C=O) groups excluding carboxylic acids is 1. The SMILES string of the molecule is CCCS(=O)(=O)NN1CC(c2ccc(C3CC3)cc2)N(CCc2ccc(OC)cc2)C1=O. The van der Waals surface area contributed by atoms with Crippen molar-refractivity contribution in [1.82, 2.24) is 14.7 Å². The van der Waals surface area contributed by atoms with E-state index in [-0.39, 0.29) is 24.4 Å². The van der Waals surface area contributed by atoms with Crippen LogP contribution in [-0.4, -0.2) is 50.3 Å². The Morgan fingerprint density at radius 3 is 2.28 bits per heavy atom. The topological polar surface area (TPSA) is 79.0 Å². The fourth-order valence-electron chi connectivity index (χ4n) is 4.18. The molecular weight excluding hydrogens is 426 g/mol. The minimum Gasteiger partial charge on any atom is -0.497 e. The number of ether oxygens (including phenoxy) is 1. The molecule has 0 radical (unpaired) electrons. The molecule has 32 heavy (non-hydrogen) atoms. The van der Waals surface area contributed by atoms with Crippen LogP contribution < -0.4 is 9.57 Å². The number of nitrogens with one attached hydrogen (secondary N) is 1. The Kier molecular flexibility index (Phi) is 6.71. The van der Waals surface area contributed by atoms with Gasteiger partial charge in [0.1, 0.15) is 5.75 Å². The van der Waals surface area contributed by atoms with Crippen LogP contribution in [0.5, 0.6) is 5.75 Å². The molecule has 1 heterocycles. The average molecular weight is 458 g/mol. The van der Waals surface area contributed by atoms with Crippen LogP contribution in [0.15, 0.2) is 48.5 Å². The van der Waals surface area contributed by atoms with E-state index >= 15 is 0 Å². The smallest absolute Gasteiger partial charge is 0.335 e. The molecule has 1 aliphatic heterocycles. The molecule has 2 fully saturated rings. The van der Waals surface area contributed by atoms with Gasteiger partial charge in [0, 0.05) is 6.54 Å². The first kappa shape index (κ1) is 22.6. The van der Waals surface area contributed by atoms with E-state index in [0.29, 0.717) is 25.3 Å². The van der Waals surface area contributed by atoms with Crippen LogP contribution in [0.3, 0.4) is 0 Å². The van der Waals surface area contributed by atoms with Crippen LogP contribution in [0, 0.1) is 0 Å². The van der Waals surface area contributed by atoms with Crippen molar-refractivity contribution in [3.8, 4) is 5.75 Å². The second-order valence-corrected chi connectivity index (χ2v) is 10.4. The molecule has 7 nitrogen and oxygen atoms in total. The second kappa shape index (κ2) is 9.50. The Bertz CT molecular complexity index is 1030. The fourth-order valence-corrected chi connectivity index (χ4v) is 5.30. The monoisotopic (exact) mass is 457 g/mol. The number of amides is 2. The van der Waals surface area contributed by atoms with Gasteiger partial charge in [-0.05, 0) is 60.4 Å². The van der Waals surface area contributed by atoms with Crippen LogP contribution in [0.25, 0.3) is 0 Å². The average Bonchev–Trinajstić information content (AvgIpc) is 3.59. The van der Waals surface area contributed by atoms with Gasteiger partial charge in [-0.2, -0.15) is 0 Å². The van der Waals surface area contributed by atoms with E-state index in [0.717, 1.165) is 16.9 Å². The maximum Gasteiger partial charge on any atom is 0.335 e. The molecule has 8 heteroatoms. The number of benzene rings is 2. The molecule has 1 saturated heterocycles. The zero-order valence-corrected chi connectivity index (χ0v) is 19.5. The molecule has 0 bridgehead atoms. The predicted octanol–water partition coefficient (Wildman–Crippen LogP) is 3.84. The van der Waals surface area contributed by atoms with Crippen molar-refractivity contribution in [2.24, 2.45) is 0 Å². The van der Waals surface area contributed by atoms with E-state index in [1.54, 1.807) is 18.9 Å². The second-order valence-electron chi connectivity index (χ2n) is 8.55. The van der Waals surface area contributed by atoms with Crippen LogP contribution in [0.1, 0.15) is 54.8 Å². The van der Waals surface area contributed by atoms with Crippen molar-refractivity contribution < 1.29 is 17.9 Å². The van der Waals surface area contributed by atoms with Gasteiger partial charge in [-0.25, -0.2) is 18.2 Å². The Morgan fingerprint density at radius 1 is 1.03 bits per heavy atom. The summed E-state index contributed by atoms with van der Waals surface area (Å²) in [5.74, 6) is 1.44. The molecule has 0 spiro atoms. The molecule has 2 amide bonds. The van der Waals surface area contributed by atoms with Gasteiger partial charge in [0.25, 0.3) is 0 Å². The van der Waals surface area contributed by atoms with Crippen molar-refractivity contribution in [1.29, 1.82) is 0 Å². The maximum absolute atomic E-state index is 13.2. The highest BCUT2D eigenvalue weighted by atomic mass is 32.2. The zero-order chi connectivity index (χ0) is 22.7. The number of hydrogen-bond acceptors (Lipinski definition) is 4. The number of methoxy groups -OCH3 is 1. The van der Waals surface area contributed by atoms with Gasteiger partial charge in [0.15, 0.2) is 0 Å². The molecule has 172 valence electrons. The van der Waals surface area contributed by atoms with Crippen molar-refractivity contribution in [3.05, 3.63) is 65.2 Å². The molecule has 1 unspecified atom stereocenters. The van der Waals surface area contributed by atoms with Crippen molar-refractivity contribution in [3.63, 3.8) is 0 Å². The molecule has 1 N–H and O–H groups in total. The molecule has 2 aromatic rings. The number of rotatable bonds is 10. The Hall–Kier alpha value is -2.58. The van der Waals surface area contributed by atoms with E-state index in [1.807, 2.05) is 24.3 Å². The third-order valence-corrected chi connectivity index (χ3v) is 7.55. The summed E-state index contributed by atoms with van der Waals surface area (Å²) in [4.78, 5) is 17.4. The molecule has 0 aromatic heterocycles. The first-order valence-corrected chi connectivity index (χ1v) is 12.9. The lowest BCUT2D eigenvalue weighted by atomic mass is 10.0. The molecule has 2 aromatic carbocycles. The summed E-state index contributed by atoms with van der Waals surface area (Å²) in [6.45, 7) is 2.58. The van der Waals surface area contributed by atoms with E-state index < -0.39 is 10.0 Å². The van der Waals surface area contributed by atoms with E-state index in [2.05, 4.69) is 29.1 Å². The minimum absolute atomic E-state index is 0.0105. The van der Waals surface area contributed by atoms with Crippen molar-refractivity contribution in [2.75, 3.05) is 26.0 Å². The van der Waals surface area contributed by atoms with E-state index in [4.69, 9.17) is 4.74 Å². The van der Waals surface area contributed by atoms with Gasteiger partial charge in [0.2, 0.25) is 10.0 Å². The van der Waals surface area contributed by atoms with Gasteiger partial charge in [-0.15, -0.1) is 4.83 Å². The Balaban J connectivity index is 1.52. The number of carbonyl (C=O) groups is 1. The summed E-state index contributed by atoms with van der Waals surface area (Å²) in [6, 6.07) is 15.7. The summed E-state index contributed by atoms with van der Waals surface area (Å²) in [5, 5.41) is 1.25. The largest absolute Gasteiger partial charge is 0.497 e. The minimum atomic E-state index is -3.55. The highest BCUT2D eigenvalue weighted by Gasteiger charge is 2.39. The molecule has 1 saturated carbocycles. The number of urea groups is 1. The predicted molar refractivity (Wildman–Crippen MR) is 124 cm³/mol. The van der Waals surface area contributed by atoms with Crippen LogP contribution in [0.4, 0.5) is 4.79 Å². The van der Waals surface area contributed by atoms with Gasteiger partial charge in [-0.1, -0.05) is 43.3 Å². The van der Waals surface area contributed by atoms with Crippen LogP contribution in [-0.2, 0) is 16.4 Å². The third kappa shape index (κ3) is 5.24. The van der Waals surface area contributed by atoms with Gasteiger partial charge >= 0.3 is 6.03 Å². The summed E-state index contributed by atoms with van der Waals surface area (Å²) in [7, 11) is -1.92. The van der Waals surface area contributed by atoms with E-state index in [1.165, 1.54) is 23.4 Å². The highest BCUT2D eigenvalue weighted by Crippen LogP contribution is 2.40. The van der Waals surface area contributed by atoms with Crippen LogP contribution >= 0.6 is 0 Å². The van der Waals surface area contributed by atoms with Crippen molar-refractivity contribution in [2.45, 2.75) is 44.6 Å². The third-order valence-electron chi connectivity index (χ3n) is 6.10. The number of nitrogens with zero attached hydrogens (tertiary/aromatic N) is 2. The summed E-state index contributed by atoms with van der Waals surface area (Å²) < 4.78 is 29.8. The quantitative estimate of drug-likeness (QED) is 0.588. The summed E-state index contributed by atoms with van der Waals surface area (Å²) in [6.07, 6.45) is 3.64. The maximum atomic E-state index is 13.2. The Labute approximate surface area is 190 Å². The number of sulfonamides is 1.